The first-order chi connectivity index (χ1) is 17.0. The molecule has 1 aliphatic heterocycles. The van der Waals surface area contributed by atoms with Gasteiger partial charge in [0.15, 0.2) is 5.82 Å². The molecule has 1 fully saturated rings. The van der Waals surface area contributed by atoms with Crippen LogP contribution in [0.15, 0.2) is 78.0 Å². The second kappa shape index (κ2) is 9.63. The maximum Gasteiger partial charge on any atom is 0.255 e. The van der Waals surface area contributed by atoms with Crippen LogP contribution in [0.3, 0.4) is 0 Å². The van der Waals surface area contributed by atoms with Crippen molar-refractivity contribution in [2.75, 3.05) is 36.5 Å². The van der Waals surface area contributed by atoms with Gasteiger partial charge in [0, 0.05) is 50.4 Å². The number of ether oxygens (including phenoxy) is 1. The first kappa shape index (κ1) is 22.7. The molecule has 4 aromatic rings. The number of anilines is 3. The van der Waals surface area contributed by atoms with Gasteiger partial charge in [0.25, 0.3) is 5.56 Å². The Hall–Kier alpha value is -4.11. The van der Waals surface area contributed by atoms with Gasteiger partial charge in [0.05, 0.1) is 25.0 Å². The van der Waals surface area contributed by atoms with E-state index in [-0.39, 0.29) is 22.9 Å². The van der Waals surface area contributed by atoms with E-state index in [1.807, 2.05) is 59.3 Å². The highest BCUT2D eigenvalue weighted by molar-refractivity contribution is 5.61. The number of benzene rings is 1. The molecule has 5 rings (SSSR count). The average Bonchev–Trinajstić information content (AvgIpc) is 2.91. The maximum atomic E-state index is 14.3. The van der Waals surface area contributed by atoms with Gasteiger partial charge in [0.1, 0.15) is 11.9 Å². The molecule has 4 heterocycles. The Morgan fingerprint density at radius 2 is 1.94 bits per heavy atom. The third kappa shape index (κ3) is 4.63. The molecule has 0 amide bonds. The van der Waals surface area contributed by atoms with E-state index < -0.39 is 5.82 Å². The van der Waals surface area contributed by atoms with Crippen molar-refractivity contribution in [3.8, 4) is 11.3 Å². The first-order valence-electron chi connectivity index (χ1n) is 11.3. The second-order valence-electron chi connectivity index (χ2n) is 8.34. The number of nitrogens with zero attached hydrogens (tertiary/aromatic N) is 6. The number of hydrogen-bond donors (Lipinski definition) is 0. The Balaban J connectivity index is 1.39. The van der Waals surface area contributed by atoms with E-state index in [4.69, 9.17) is 4.74 Å². The van der Waals surface area contributed by atoms with Gasteiger partial charge in [-0.1, -0.05) is 18.2 Å². The lowest BCUT2D eigenvalue weighted by Crippen LogP contribution is -2.41. The topological polar surface area (TPSA) is 76.4 Å². The van der Waals surface area contributed by atoms with Gasteiger partial charge in [-0.15, -0.1) is 0 Å². The molecule has 35 heavy (non-hydrogen) atoms. The second-order valence-corrected chi connectivity index (χ2v) is 8.34. The minimum Gasteiger partial charge on any atom is -0.370 e. The van der Waals surface area contributed by atoms with E-state index in [9.17, 15) is 9.18 Å². The van der Waals surface area contributed by atoms with Crippen LogP contribution >= 0.6 is 0 Å². The van der Waals surface area contributed by atoms with Crippen LogP contribution in [0.5, 0.6) is 0 Å². The minimum atomic E-state index is -0.519. The Kier molecular flexibility index (Phi) is 6.24. The van der Waals surface area contributed by atoms with Crippen LogP contribution in [0.4, 0.5) is 21.8 Å². The summed E-state index contributed by atoms with van der Waals surface area (Å²) in [5.41, 5.74) is 2.31. The molecular formula is C26H25FN6O2. The fraction of sp³-hybridized carbons (Fsp3) is 0.231. The van der Waals surface area contributed by atoms with Crippen molar-refractivity contribution in [1.29, 1.82) is 0 Å². The normalized spacial score (nSPS) is 15.7. The van der Waals surface area contributed by atoms with E-state index in [2.05, 4.69) is 15.0 Å². The summed E-state index contributed by atoms with van der Waals surface area (Å²) in [6.07, 6.45) is 4.17. The Morgan fingerprint density at radius 3 is 2.69 bits per heavy atom. The van der Waals surface area contributed by atoms with Crippen LogP contribution in [0.25, 0.3) is 11.3 Å². The fourth-order valence-electron chi connectivity index (χ4n) is 4.16. The van der Waals surface area contributed by atoms with Crippen molar-refractivity contribution in [3.05, 3.63) is 94.9 Å². The largest absolute Gasteiger partial charge is 0.370 e. The zero-order chi connectivity index (χ0) is 24.4. The summed E-state index contributed by atoms with van der Waals surface area (Å²) in [4.78, 5) is 29.5. The summed E-state index contributed by atoms with van der Waals surface area (Å²) < 4.78 is 21.8. The van der Waals surface area contributed by atoms with Crippen LogP contribution in [0.1, 0.15) is 11.7 Å². The number of pyridine rings is 2. The standard InChI is InChI=1S/C26H25FN6O2/c1-31(24-5-3-4-11-29-24)19-8-6-18(7-9-19)23-17-33(13-14-35-23)26-30-22(15-25(34)32(26)2)20-10-12-28-16-21(20)27/h3-12,15-16,23H,13-14,17H2,1-2H3/t23-/m1/s1. The molecular weight excluding hydrogens is 447 g/mol. The van der Waals surface area contributed by atoms with Gasteiger partial charge >= 0.3 is 0 Å². The van der Waals surface area contributed by atoms with Crippen LogP contribution in [0, 0.1) is 5.82 Å². The molecule has 1 saturated heterocycles. The van der Waals surface area contributed by atoms with E-state index in [0.29, 0.717) is 25.6 Å². The Labute approximate surface area is 202 Å². The third-order valence-corrected chi connectivity index (χ3v) is 6.15. The molecule has 0 bridgehead atoms. The molecule has 0 radical (unpaired) electrons. The van der Waals surface area contributed by atoms with E-state index in [1.165, 1.54) is 22.9 Å². The molecule has 178 valence electrons. The fourth-order valence-corrected chi connectivity index (χ4v) is 4.16. The molecule has 1 atom stereocenters. The van der Waals surface area contributed by atoms with Gasteiger partial charge in [-0.2, -0.15) is 0 Å². The van der Waals surface area contributed by atoms with Crippen molar-refractivity contribution in [3.63, 3.8) is 0 Å². The molecule has 1 aromatic carbocycles. The molecule has 0 unspecified atom stereocenters. The quantitative estimate of drug-likeness (QED) is 0.438. The van der Waals surface area contributed by atoms with Crippen LogP contribution in [0.2, 0.25) is 0 Å². The van der Waals surface area contributed by atoms with Crippen molar-refractivity contribution >= 4 is 17.5 Å². The van der Waals surface area contributed by atoms with Gasteiger partial charge < -0.3 is 14.5 Å². The zero-order valence-corrected chi connectivity index (χ0v) is 19.5. The van der Waals surface area contributed by atoms with Gasteiger partial charge in [-0.25, -0.2) is 14.4 Å². The molecule has 0 N–H and O–H groups in total. The summed E-state index contributed by atoms with van der Waals surface area (Å²) in [5.74, 6) is 0.816. The average molecular weight is 473 g/mol. The third-order valence-electron chi connectivity index (χ3n) is 6.15. The number of rotatable bonds is 5. The highest BCUT2D eigenvalue weighted by Gasteiger charge is 2.25. The molecule has 0 aliphatic carbocycles. The molecule has 1 aliphatic rings. The van der Waals surface area contributed by atoms with Crippen LogP contribution in [-0.2, 0) is 11.8 Å². The van der Waals surface area contributed by atoms with E-state index in [0.717, 1.165) is 23.3 Å². The van der Waals surface area contributed by atoms with Crippen LogP contribution < -0.4 is 15.4 Å². The number of aromatic nitrogens is 4. The number of hydrogen-bond acceptors (Lipinski definition) is 7. The molecule has 0 saturated carbocycles. The molecule has 3 aromatic heterocycles. The molecule has 9 heteroatoms. The summed E-state index contributed by atoms with van der Waals surface area (Å²) in [5, 5.41) is 0. The van der Waals surface area contributed by atoms with Crippen LogP contribution in [-0.4, -0.2) is 46.3 Å². The molecule has 8 nitrogen and oxygen atoms in total. The lowest BCUT2D eigenvalue weighted by molar-refractivity contribution is 0.0390. The summed E-state index contributed by atoms with van der Waals surface area (Å²) in [6, 6.07) is 16.8. The lowest BCUT2D eigenvalue weighted by Gasteiger charge is -2.34. The molecule has 0 spiro atoms. The van der Waals surface area contributed by atoms with Gasteiger partial charge in [0.2, 0.25) is 5.95 Å². The zero-order valence-electron chi connectivity index (χ0n) is 19.5. The van der Waals surface area contributed by atoms with Crippen molar-refractivity contribution < 1.29 is 9.13 Å². The van der Waals surface area contributed by atoms with Crippen molar-refractivity contribution in [2.45, 2.75) is 6.10 Å². The predicted octanol–water partition coefficient (Wildman–Crippen LogP) is 3.72. The maximum absolute atomic E-state index is 14.3. The number of halogens is 1. The van der Waals surface area contributed by atoms with Gasteiger partial charge in [-0.05, 0) is 35.9 Å². The highest BCUT2D eigenvalue weighted by Crippen LogP contribution is 2.29. The van der Waals surface area contributed by atoms with Gasteiger partial charge in [-0.3, -0.25) is 14.3 Å². The monoisotopic (exact) mass is 472 g/mol. The first-order valence-corrected chi connectivity index (χ1v) is 11.3. The lowest BCUT2D eigenvalue weighted by atomic mass is 10.1. The number of morpholine rings is 1. The minimum absolute atomic E-state index is 0.198. The highest BCUT2D eigenvalue weighted by atomic mass is 19.1. The van der Waals surface area contributed by atoms with Crippen molar-refractivity contribution in [1.82, 2.24) is 19.5 Å². The predicted molar refractivity (Wildman–Crippen MR) is 132 cm³/mol. The van der Waals surface area contributed by atoms with Crippen molar-refractivity contribution in [2.24, 2.45) is 7.05 Å². The summed E-state index contributed by atoms with van der Waals surface area (Å²) in [7, 11) is 3.64. The SMILES string of the molecule is CN(c1ccc([C@H]2CN(c3nc(-c4ccncc4F)cc(=O)n3C)CCO2)cc1)c1ccccn1. The van der Waals surface area contributed by atoms with E-state index in [1.54, 1.807) is 13.2 Å². The summed E-state index contributed by atoms with van der Waals surface area (Å²) in [6.45, 7) is 1.56. The Morgan fingerprint density at radius 1 is 1.11 bits per heavy atom. The smallest absolute Gasteiger partial charge is 0.255 e. The Bertz CT molecular complexity index is 1380. The summed E-state index contributed by atoms with van der Waals surface area (Å²) >= 11 is 0. The van der Waals surface area contributed by atoms with E-state index >= 15 is 0 Å².